The molecule has 5 heteroatoms. The Morgan fingerprint density at radius 3 is 2.38 bits per heavy atom. The summed E-state index contributed by atoms with van der Waals surface area (Å²) < 4.78 is 5.80. The normalized spacial score (nSPS) is 10.5. The van der Waals surface area contributed by atoms with E-state index < -0.39 is 4.92 Å². The Morgan fingerprint density at radius 2 is 1.81 bits per heavy atom. The van der Waals surface area contributed by atoms with Crippen LogP contribution in [-0.4, -0.2) is 10.0 Å². The first kappa shape index (κ1) is 15.0. The second-order valence-corrected chi connectivity index (χ2v) is 5.01. The fourth-order valence-corrected chi connectivity index (χ4v) is 2.12. The number of aryl methyl sites for hydroxylation is 3. The number of hydrogen-bond donors (Lipinski definition) is 1. The minimum Gasteiger partial charge on any atom is -0.457 e. The minimum absolute atomic E-state index is 0.0121. The molecule has 5 nitrogen and oxygen atoms in total. The average molecular weight is 287 g/mol. The van der Waals surface area contributed by atoms with Gasteiger partial charge in [0.05, 0.1) is 11.5 Å². The highest BCUT2D eigenvalue weighted by atomic mass is 16.6. The van der Waals surface area contributed by atoms with Gasteiger partial charge in [-0.3, -0.25) is 10.1 Å². The van der Waals surface area contributed by atoms with E-state index in [0.29, 0.717) is 22.6 Å². The van der Waals surface area contributed by atoms with E-state index in [2.05, 4.69) is 0 Å². The van der Waals surface area contributed by atoms with E-state index in [4.69, 9.17) is 9.84 Å². The Balaban J connectivity index is 2.34. The van der Waals surface area contributed by atoms with Crippen LogP contribution >= 0.6 is 0 Å². The number of benzene rings is 2. The fraction of sp³-hybridized carbons (Fsp3) is 0.250. The molecule has 0 saturated carbocycles. The maximum atomic E-state index is 10.9. The summed E-state index contributed by atoms with van der Waals surface area (Å²) in [5.74, 6) is 1.23. The highest BCUT2D eigenvalue weighted by molar-refractivity contribution is 5.50. The molecule has 0 saturated heterocycles. The van der Waals surface area contributed by atoms with Gasteiger partial charge >= 0.3 is 0 Å². The van der Waals surface area contributed by atoms with E-state index in [1.807, 2.05) is 13.0 Å². The van der Waals surface area contributed by atoms with Crippen molar-refractivity contribution in [1.29, 1.82) is 0 Å². The van der Waals surface area contributed by atoms with Crippen LogP contribution in [0.2, 0.25) is 0 Å². The number of hydrogen-bond acceptors (Lipinski definition) is 4. The predicted molar refractivity (Wildman–Crippen MR) is 79.7 cm³/mol. The van der Waals surface area contributed by atoms with E-state index in [1.54, 1.807) is 32.0 Å². The molecule has 110 valence electrons. The third kappa shape index (κ3) is 3.20. The summed E-state index contributed by atoms with van der Waals surface area (Å²) in [6.07, 6.45) is 0. The van der Waals surface area contributed by atoms with Crippen LogP contribution in [0.3, 0.4) is 0 Å². The average Bonchev–Trinajstić information content (AvgIpc) is 2.42. The number of nitro groups is 1. The van der Waals surface area contributed by atoms with Gasteiger partial charge in [0.2, 0.25) is 0 Å². The van der Waals surface area contributed by atoms with Crippen molar-refractivity contribution in [1.82, 2.24) is 0 Å². The van der Waals surface area contributed by atoms with Gasteiger partial charge in [-0.25, -0.2) is 0 Å². The number of aliphatic hydroxyl groups is 1. The monoisotopic (exact) mass is 287 g/mol. The Morgan fingerprint density at radius 1 is 1.10 bits per heavy atom. The molecule has 0 radical (unpaired) electrons. The van der Waals surface area contributed by atoms with E-state index in [9.17, 15) is 10.1 Å². The second kappa shape index (κ2) is 5.93. The van der Waals surface area contributed by atoms with Crippen LogP contribution in [0, 0.1) is 30.9 Å². The first-order valence-electron chi connectivity index (χ1n) is 6.56. The number of ether oxygens (including phenoxy) is 1. The SMILES string of the molecule is Cc1cc(Oc2cc(C)c([N+](=O)[O-])cc2C)ccc1CO. The summed E-state index contributed by atoms with van der Waals surface area (Å²) in [5.41, 5.74) is 3.14. The van der Waals surface area contributed by atoms with Crippen molar-refractivity contribution < 1.29 is 14.8 Å². The van der Waals surface area contributed by atoms with Crippen LogP contribution in [0.4, 0.5) is 5.69 Å². The molecule has 21 heavy (non-hydrogen) atoms. The number of aliphatic hydroxyl groups excluding tert-OH is 1. The molecule has 2 aromatic rings. The summed E-state index contributed by atoms with van der Waals surface area (Å²) >= 11 is 0. The van der Waals surface area contributed by atoms with Crippen molar-refractivity contribution in [3.63, 3.8) is 0 Å². The lowest BCUT2D eigenvalue weighted by atomic mass is 10.1. The lowest BCUT2D eigenvalue weighted by molar-refractivity contribution is -0.385. The summed E-state index contributed by atoms with van der Waals surface area (Å²) in [6, 6.07) is 8.59. The lowest BCUT2D eigenvalue weighted by Gasteiger charge is -2.11. The molecule has 0 aliphatic rings. The summed E-state index contributed by atoms with van der Waals surface area (Å²) in [4.78, 5) is 10.5. The van der Waals surface area contributed by atoms with Crippen LogP contribution in [0.15, 0.2) is 30.3 Å². The van der Waals surface area contributed by atoms with Crippen LogP contribution in [0.25, 0.3) is 0 Å². The zero-order valence-corrected chi connectivity index (χ0v) is 12.2. The van der Waals surface area contributed by atoms with Gasteiger partial charge in [0.25, 0.3) is 5.69 Å². The van der Waals surface area contributed by atoms with Gasteiger partial charge in [-0.1, -0.05) is 6.07 Å². The van der Waals surface area contributed by atoms with Crippen LogP contribution in [-0.2, 0) is 6.61 Å². The minimum atomic E-state index is -0.397. The fourth-order valence-electron chi connectivity index (χ4n) is 2.12. The molecular weight excluding hydrogens is 270 g/mol. The molecule has 2 aromatic carbocycles. The van der Waals surface area contributed by atoms with Crippen molar-refractivity contribution in [3.05, 3.63) is 62.7 Å². The molecule has 0 heterocycles. The molecule has 2 rings (SSSR count). The van der Waals surface area contributed by atoms with Crippen molar-refractivity contribution in [2.75, 3.05) is 0 Å². The third-order valence-electron chi connectivity index (χ3n) is 3.40. The molecule has 0 atom stereocenters. The van der Waals surface area contributed by atoms with Crippen molar-refractivity contribution in [2.24, 2.45) is 0 Å². The van der Waals surface area contributed by atoms with E-state index in [-0.39, 0.29) is 12.3 Å². The van der Waals surface area contributed by atoms with Gasteiger partial charge in [-0.2, -0.15) is 0 Å². The Labute approximate surface area is 123 Å². The predicted octanol–water partition coefficient (Wildman–Crippen LogP) is 3.80. The molecule has 0 bridgehead atoms. The van der Waals surface area contributed by atoms with Crippen molar-refractivity contribution in [3.8, 4) is 11.5 Å². The smallest absolute Gasteiger partial charge is 0.272 e. The molecule has 0 unspecified atom stereocenters. The lowest BCUT2D eigenvalue weighted by Crippen LogP contribution is -1.96. The summed E-state index contributed by atoms with van der Waals surface area (Å²) in [5, 5.41) is 20.1. The van der Waals surface area contributed by atoms with E-state index >= 15 is 0 Å². The van der Waals surface area contributed by atoms with Gasteiger partial charge in [-0.05, 0) is 55.7 Å². The van der Waals surface area contributed by atoms with E-state index in [1.165, 1.54) is 6.07 Å². The molecule has 0 fully saturated rings. The third-order valence-corrected chi connectivity index (χ3v) is 3.40. The molecule has 1 N–H and O–H groups in total. The first-order chi connectivity index (χ1) is 9.92. The molecule has 0 amide bonds. The maximum Gasteiger partial charge on any atom is 0.272 e. The van der Waals surface area contributed by atoms with Gasteiger partial charge < -0.3 is 9.84 Å². The Kier molecular flexibility index (Phi) is 4.23. The van der Waals surface area contributed by atoms with Gasteiger partial charge in [0, 0.05) is 11.6 Å². The Bertz CT molecular complexity index is 695. The summed E-state index contributed by atoms with van der Waals surface area (Å²) in [7, 11) is 0. The van der Waals surface area contributed by atoms with Crippen molar-refractivity contribution in [2.45, 2.75) is 27.4 Å². The number of rotatable bonds is 4. The second-order valence-electron chi connectivity index (χ2n) is 5.01. The highest BCUT2D eigenvalue weighted by Gasteiger charge is 2.14. The van der Waals surface area contributed by atoms with Crippen molar-refractivity contribution >= 4 is 5.69 Å². The van der Waals surface area contributed by atoms with E-state index in [0.717, 1.165) is 11.1 Å². The molecule has 0 aromatic heterocycles. The van der Waals surface area contributed by atoms with Crippen LogP contribution in [0.1, 0.15) is 22.3 Å². The first-order valence-corrected chi connectivity index (χ1v) is 6.56. The largest absolute Gasteiger partial charge is 0.457 e. The molecule has 0 spiro atoms. The molecule has 0 aliphatic carbocycles. The number of nitrogens with zero attached hydrogens (tertiary/aromatic N) is 1. The quantitative estimate of drug-likeness (QED) is 0.685. The Hall–Kier alpha value is -2.40. The summed E-state index contributed by atoms with van der Waals surface area (Å²) in [6.45, 7) is 5.34. The van der Waals surface area contributed by atoms with Gasteiger partial charge in [0.1, 0.15) is 11.5 Å². The van der Waals surface area contributed by atoms with Gasteiger partial charge in [-0.15, -0.1) is 0 Å². The maximum absolute atomic E-state index is 10.9. The molecule has 0 aliphatic heterocycles. The van der Waals surface area contributed by atoms with Crippen LogP contribution in [0.5, 0.6) is 11.5 Å². The van der Waals surface area contributed by atoms with Gasteiger partial charge in [0.15, 0.2) is 0 Å². The number of nitro benzene ring substituents is 1. The highest BCUT2D eigenvalue weighted by Crippen LogP contribution is 2.31. The van der Waals surface area contributed by atoms with Crippen LogP contribution < -0.4 is 4.74 Å². The zero-order chi connectivity index (χ0) is 15.6. The zero-order valence-electron chi connectivity index (χ0n) is 12.2. The topological polar surface area (TPSA) is 72.6 Å². The standard InChI is InChI=1S/C16H17NO4/c1-10-6-14(5-4-13(10)9-18)21-16-8-11(2)15(17(19)20)7-12(16)3/h4-8,18H,9H2,1-3H3. The molecular formula is C16H17NO4.